The van der Waals surface area contributed by atoms with Crippen LogP contribution in [0.15, 0.2) is 70.8 Å². The molecule has 3 aromatic rings. The van der Waals surface area contributed by atoms with E-state index in [1.165, 1.54) is 13.2 Å². The van der Waals surface area contributed by atoms with E-state index >= 15 is 0 Å². The molecule has 1 saturated heterocycles. The van der Waals surface area contributed by atoms with Crippen molar-refractivity contribution >= 4 is 57.1 Å². The van der Waals surface area contributed by atoms with E-state index in [1.54, 1.807) is 36.4 Å². The number of urea groups is 1. The number of carbonyl (C=O) groups is 3. The molecule has 10 heteroatoms. The molecule has 0 saturated carbocycles. The predicted octanol–water partition coefficient (Wildman–Crippen LogP) is 5.53. The SMILES string of the molecule is COc1cc(/C=C2/NC(=O)N(CC(=O)Nc3cccc(C)c3)C2=O)c(Br)cc1OCc1ccccc1Cl. The lowest BCUT2D eigenvalue weighted by molar-refractivity contribution is -0.127. The van der Waals surface area contributed by atoms with Crippen molar-refractivity contribution in [3.8, 4) is 11.5 Å². The third-order valence-corrected chi connectivity index (χ3v) is 6.55. The molecule has 2 N–H and O–H groups in total. The Kier molecular flexibility index (Phi) is 8.15. The number of methoxy groups -OCH3 is 1. The molecule has 190 valence electrons. The highest BCUT2D eigenvalue weighted by Gasteiger charge is 2.35. The molecule has 0 bridgehead atoms. The third kappa shape index (κ3) is 6.31. The minimum absolute atomic E-state index is 0.0286. The van der Waals surface area contributed by atoms with Crippen molar-refractivity contribution in [2.45, 2.75) is 13.5 Å². The van der Waals surface area contributed by atoms with Crippen molar-refractivity contribution < 1.29 is 23.9 Å². The molecule has 0 radical (unpaired) electrons. The van der Waals surface area contributed by atoms with Crippen molar-refractivity contribution in [2.75, 3.05) is 19.0 Å². The molecule has 0 aromatic heterocycles. The molecule has 8 nitrogen and oxygen atoms in total. The van der Waals surface area contributed by atoms with Crippen molar-refractivity contribution in [3.05, 3.63) is 92.5 Å². The van der Waals surface area contributed by atoms with Crippen LogP contribution in [0.4, 0.5) is 10.5 Å². The van der Waals surface area contributed by atoms with Gasteiger partial charge in [-0.25, -0.2) is 9.69 Å². The number of rotatable bonds is 8. The fraction of sp³-hybridized carbons (Fsp3) is 0.148. The van der Waals surface area contributed by atoms with Crippen LogP contribution in [-0.4, -0.2) is 36.4 Å². The molecule has 1 heterocycles. The molecular weight excluding hydrogens is 562 g/mol. The van der Waals surface area contributed by atoms with Gasteiger partial charge in [-0.1, -0.05) is 57.9 Å². The molecule has 37 heavy (non-hydrogen) atoms. The zero-order valence-electron chi connectivity index (χ0n) is 20.0. The second kappa shape index (κ2) is 11.5. The van der Waals surface area contributed by atoms with E-state index in [2.05, 4.69) is 26.6 Å². The van der Waals surface area contributed by atoms with Gasteiger partial charge in [-0.05, 0) is 54.5 Å². The van der Waals surface area contributed by atoms with Crippen LogP contribution in [0.2, 0.25) is 5.02 Å². The average molecular weight is 585 g/mol. The van der Waals surface area contributed by atoms with Crippen molar-refractivity contribution in [3.63, 3.8) is 0 Å². The van der Waals surface area contributed by atoms with Gasteiger partial charge in [0.25, 0.3) is 5.91 Å². The predicted molar refractivity (Wildman–Crippen MR) is 145 cm³/mol. The number of aryl methyl sites for hydroxylation is 1. The monoisotopic (exact) mass is 583 g/mol. The Morgan fingerprint density at radius 1 is 1.11 bits per heavy atom. The number of nitrogens with zero attached hydrogens (tertiary/aromatic N) is 1. The lowest BCUT2D eigenvalue weighted by Crippen LogP contribution is -2.38. The largest absolute Gasteiger partial charge is 0.493 e. The zero-order chi connectivity index (χ0) is 26.5. The maximum atomic E-state index is 12.9. The summed E-state index contributed by atoms with van der Waals surface area (Å²) < 4.78 is 12.0. The summed E-state index contributed by atoms with van der Waals surface area (Å²) in [5.74, 6) is -0.214. The molecule has 0 atom stereocenters. The Morgan fingerprint density at radius 2 is 1.89 bits per heavy atom. The zero-order valence-corrected chi connectivity index (χ0v) is 22.4. The second-order valence-electron chi connectivity index (χ2n) is 8.20. The number of nitrogens with one attached hydrogen (secondary N) is 2. The first kappa shape index (κ1) is 26.2. The van der Waals surface area contributed by atoms with Gasteiger partial charge in [0, 0.05) is 20.7 Å². The molecular formula is C27H23BrClN3O5. The van der Waals surface area contributed by atoms with Gasteiger partial charge in [0.15, 0.2) is 11.5 Å². The number of hydrogen-bond donors (Lipinski definition) is 2. The number of hydrogen-bond acceptors (Lipinski definition) is 5. The van der Waals surface area contributed by atoms with Crippen molar-refractivity contribution in [2.24, 2.45) is 0 Å². The number of anilines is 1. The number of benzene rings is 3. The smallest absolute Gasteiger partial charge is 0.329 e. The number of imide groups is 1. The topological polar surface area (TPSA) is 97.0 Å². The fourth-order valence-corrected chi connectivity index (χ4v) is 4.27. The van der Waals surface area contributed by atoms with E-state index < -0.39 is 24.4 Å². The molecule has 1 aliphatic rings. The molecule has 4 amide bonds. The molecule has 0 unspecified atom stereocenters. The first-order chi connectivity index (χ1) is 17.7. The number of carbonyl (C=O) groups excluding carboxylic acids is 3. The van der Waals surface area contributed by atoms with Crippen LogP contribution in [0.5, 0.6) is 11.5 Å². The summed E-state index contributed by atoms with van der Waals surface area (Å²) in [5.41, 5.74) is 2.97. The summed E-state index contributed by atoms with van der Waals surface area (Å²) in [6, 6.07) is 17.3. The van der Waals surface area contributed by atoms with Crippen LogP contribution in [0.25, 0.3) is 6.08 Å². The molecule has 3 aromatic carbocycles. The standard InChI is InChI=1S/C27H23BrClN3O5/c1-16-6-5-8-19(10-16)30-25(33)14-32-26(34)22(31-27(32)35)11-18-12-23(36-2)24(13-20(18)28)37-15-17-7-3-4-9-21(17)29/h3-13H,14-15H2,1-2H3,(H,30,33)(H,31,35)/b22-11+. The van der Waals surface area contributed by atoms with Gasteiger partial charge in [0.2, 0.25) is 5.91 Å². The van der Waals surface area contributed by atoms with Gasteiger partial charge < -0.3 is 20.1 Å². The van der Waals surface area contributed by atoms with E-state index in [-0.39, 0.29) is 12.3 Å². The van der Waals surface area contributed by atoms with Gasteiger partial charge in [0.1, 0.15) is 18.8 Å². The summed E-state index contributed by atoms with van der Waals surface area (Å²) >= 11 is 9.69. The maximum Gasteiger partial charge on any atom is 0.329 e. The van der Waals surface area contributed by atoms with Crippen molar-refractivity contribution in [1.29, 1.82) is 0 Å². The van der Waals surface area contributed by atoms with Crippen LogP contribution >= 0.6 is 27.5 Å². The molecule has 0 spiro atoms. The number of halogens is 2. The molecule has 1 aliphatic heterocycles. The first-order valence-electron chi connectivity index (χ1n) is 11.2. The van der Waals surface area contributed by atoms with E-state index in [0.29, 0.717) is 32.2 Å². The summed E-state index contributed by atoms with van der Waals surface area (Å²) in [5, 5.41) is 5.81. The fourth-order valence-electron chi connectivity index (χ4n) is 3.64. The van der Waals surface area contributed by atoms with Gasteiger partial charge in [-0.15, -0.1) is 0 Å². The Hall–Kier alpha value is -3.82. The molecule has 4 rings (SSSR count). The highest BCUT2D eigenvalue weighted by Crippen LogP contribution is 2.35. The van der Waals surface area contributed by atoms with Crippen LogP contribution in [0.1, 0.15) is 16.7 Å². The summed E-state index contributed by atoms with van der Waals surface area (Å²) in [7, 11) is 1.50. The lowest BCUT2D eigenvalue weighted by atomic mass is 10.1. The van der Waals surface area contributed by atoms with E-state index in [0.717, 1.165) is 16.0 Å². The van der Waals surface area contributed by atoms with Gasteiger partial charge in [-0.2, -0.15) is 0 Å². The summed E-state index contributed by atoms with van der Waals surface area (Å²) in [6.45, 7) is 1.71. The number of ether oxygens (including phenoxy) is 2. The van der Waals surface area contributed by atoms with Crippen LogP contribution < -0.4 is 20.1 Å². The van der Waals surface area contributed by atoms with E-state index in [4.69, 9.17) is 21.1 Å². The summed E-state index contributed by atoms with van der Waals surface area (Å²) in [6.07, 6.45) is 1.50. The minimum atomic E-state index is -0.682. The summed E-state index contributed by atoms with van der Waals surface area (Å²) in [4.78, 5) is 38.6. The number of amides is 4. The average Bonchev–Trinajstić information content (AvgIpc) is 3.12. The van der Waals surface area contributed by atoms with Gasteiger partial charge >= 0.3 is 6.03 Å². The minimum Gasteiger partial charge on any atom is -0.493 e. The molecule has 0 aliphatic carbocycles. The quantitative estimate of drug-likeness (QED) is 0.268. The van der Waals surface area contributed by atoms with Gasteiger partial charge in [-0.3, -0.25) is 9.59 Å². The third-order valence-electron chi connectivity index (χ3n) is 5.49. The highest BCUT2D eigenvalue weighted by atomic mass is 79.9. The van der Waals surface area contributed by atoms with Crippen LogP contribution in [-0.2, 0) is 16.2 Å². The van der Waals surface area contributed by atoms with E-state index in [1.807, 2.05) is 31.2 Å². The maximum absolute atomic E-state index is 12.9. The second-order valence-corrected chi connectivity index (χ2v) is 9.46. The normalized spacial score (nSPS) is 14.1. The van der Waals surface area contributed by atoms with E-state index in [9.17, 15) is 14.4 Å². The Morgan fingerprint density at radius 3 is 2.62 bits per heavy atom. The highest BCUT2D eigenvalue weighted by molar-refractivity contribution is 9.10. The first-order valence-corrected chi connectivity index (χ1v) is 12.4. The van der Waals surface area contributed by atoms with Crippen LogP contribution in [0, 0.1) is 6.92 Å². The Bertz CT molecular complexity index is 1410. The Labute approximate surface area is 227 Å². The molecule has 1 fully saturated rings. The Balaban J connectivity index is 1.48. The van der Waals surface area contributed by atoms with Crippen LogP contribution in [0.3, 0.4) is 0 Å². The lowest BCUT2D eigenvalue weighted by Gasteiger charge is -2.14. The van der Waals surface area contributed by atoms with Gasteiger partial charge in [0.05, 0.1) is 7.11 Å². The van der Waals surface area contributed by atoms with Crippen molar-refractivity contribution in [1.82, 2.24) is 10.2 Å².